The lowest BCUT2D eigenvalue weighted by Gasteiger charge is -2.10. The molecule has 6 heteroatoms. The van der Waals surface area contributed by atoms with E-state index >= 15 is 0 Å². The number of ether oxygens (including phenoxy) is 1. The molecular weight excluding hydrogens is 299 g/mol. The van der Waals surface area contributed by atoms with E-state index in [1.54, 1.807) is 12.1 Å². The van der Waals surface area contributed by atoms with Crippen molar-refractivity contribution < 1.29 is 13.9 Å². The molecule has 0 radical (unpaired) electrons. The van der Waals surface area contributed by atoms with Gasteiger partial charge in [-0.25, -0.2) is 4.39 Å². The Balaban J connectivity index is 1.60. The van der Waals surface area contributed by atoms with E-state index in [0.717, 1.165) is 24.8 Å². The molecule has 5 nitrogen and oxygen atoms in total. The van der Waals surface area contributed by atoms with E-state index in [-0.39, 0.29) is 24.0 Å². The Morgan fingerprint density at radius 1 is 1.39 bits per heavy atom. The van der Waals surface area contributed by atoms with Crippen molar-refractivity contribution in [1.29, 1.82) is 0 Å². The molecule has 122 valence electrons. The second kappa shape index (κ2) is 6.91. The summed E-state index contributed by atoms with van der Waals surface area (Å²) in [6.07, 6.45) is 2.70. The average Bonchev–Trinajstić information content (AvgIpc) is 3.04. The summed E-state index contributed by atoms with van der Waals surface area (Å²) in [5.74, 6) is -0.492. The highest BCUT2D eigenvalue weighted by Crippen LogP contribution is 2.14. The van der Waals surface area contributed by atoms with Gasteiger partial charge in [0.1, 0.15) is 5.82 Å². The topological polar surface area (TPSA) is 71.2 Å². The number of pyridine rings is 1. The van der Waals surface area contributed by atoms with Gasteiger partial charge in [0.2, 0.25) is 5.91 Å². The molecule has 1 aromatic heterocycles. The number of hydrogen-bond acceptors (Lipinski definition) is 3. The zero-order valence-electron chi connectivity index (χ0n) is 12.7. The second-order valence-electron chi connectivity index (χ2n) is 5.79. The van der Waals surface area contributed by atoms with Crippen molar-refractivity contribution in [2.45, 2.75) is 31.8 Å². The van der Waals surface area contributed by atoms with Crippen LogP contribution in [0.3, 0.4) is 0 Å². The highest BCUT2D eigenvalue weighted by Gasteiger charge is 2.16. The Bertz CT molecular complexity index is 766. The fraction of sp³-hybridized carbons (Fsp3) is 0.412. The van der Waals surface area contributed by atoms with E-state index in [4.69, 9.17) is 4.74 Å². The number of nitrogens with one attached hydrogen (secondary N) is 2. The zero-order chi connectivity index (χ0) is 16.2. The normalized spacial score (nSPS) is 17.5. The Morgan fingerprint density at radius 2 is 2.26 bits per heavy atom. The lowest BCUT2D eigenvalue weighted by atomic mass is 10.1. The van der Waals surface area contributed by atoms with Crippen LogP contribution in [-0.4, -0.2) is 30.1 Å². The smallest absolute Gasteiger partial charge is 0.251 e. The van der Waals surface area contributed by atoms with E-state index in [1.165, 1.54) is 12.1 Å². The molecule has 1 aromatic carbocycles. The van der Waals surface area contributed by atoms with E-state index in [1.807, 2.05) is 0 Å². The number of H-pyrrole nitrogens is 1. The number of aromatic nitrogens is 1. The van der Waals surface area contributed by atoms with Crippen LogP contribution in [0.1, 0.15) is 24.8 Å². The molecule has 1 aliphatic heterocycles. The summed E-state index contributed by atoms with van der Waals surface area (Å²) in [5.41, 5.74) is 0.702. The first-order chi connectivity index (χ1) is 11.1. The van der Waals surface area contributed by atoms with Gasteiger partial charge in [-0.15, -0.1) is 0 Å². The maximum absolute atomic E-state index is 13.2. The largest absolute Gasteiger partial charge is 0.376 e. The van der Waals surface area contributed by atoms with Gasteiger partial charge in [-0.3, -0.25) is 9.59 Å². The van der Waals surface area contributed by atoms with Gasteiger partial charge in [-0.2, -0.15) is 0 Å². The fourth-order valence-electron chi connectivity index (χ4n) is 2.77. The van der Waals surface area contributed by atoms with Crippen LogP contribution in [0.15, 0.2) is 29.1 Å². The molecule has 0 spiro atoms. The van der Waals surface area contributed by atoms with Crippen LogP contribution in [0, 0.1) is 5.82 Å². The molecule has 23 heavy (non-hydrogen) atoms. The number of amides is 1. The van der Waals surface area contributed by atoms with Gasteiger partial charge in [-0.1, -0.05) is 0 Å². The molecule has 2 heterocycles. The van der Waals surface area contributed by atoms with E-state index in [0.29, 0.717) is 24.0 Å². The van der Waals surface area contributed by atoms with Gasteiger partial charge in [0.25, 0.3) is 5.56 Å². The second-order valence-corrected chi connectivity index (χ2v) is 5.79. The predicted octanol–water partition coefficient (Wildman–Crippen LogP) is 1.89. The number of carbonyl (C=O) groups is 1. The van der Waals surface area contributed by atoms with Crippen molar-refractivity contribution >= 4 is 16.8 Å². The van der Waals surface area contributed by atoms with Crippen molar-refractivity contribution in [3.8, 4) is 0 Å². The van der Waals surface area contributed by atoms with Crippen molar-refractivity contribution in [3.05, 3.63) is 46.0 Å². The van der Waals surface area contributed by atoms with E-state index in [2.05, 4.69) is 10.3 Å². The zero-order valence-corrected chi connectivity index (χ0v) is 12.7. The molecule has 2 N–H and O–H groups in total. The first-order valence-corrected chi connectivity index (χ1v) is 7.81. The predicted molar refractivity (Wildman–Crippen MR) is 84.8 cm³/mol. The van der Waals surface area contributed by atoms with Crippen LogP contribution < -0.4 is 10.9 Å². The van der Waals surface area contributed by atoms with Gasteiger partial charge < -0.3 is 15.0 Å². The number of hydrogen-bond donors (Lipinski definition) is 2. The van der Waals surface area contributed by atoms with Crippen molar-refractivity contribution in [2.75, 3.05) is 13.2 Å². The minimum Gasteiger partial charge on any atom is -0.376 e. The summed E-state index contributed by atoms with van der Waals surface area (Å²) in [5, 5.41) is 3.58. The van der Waals surface area contributed by atoms with Gasteiger partial charge in [-0.05, 0) is 48.9 Å². The lowest BCUT2D eigenvalue weighted by molar-refractivity contribution is -0.121. The highest BCUT2D eigenvalue weighted by molar-refractivity contribution is 5.79. The first kappa shape index (κ1) is 15.7. The summed E-state index contributed by atoms with van der Waals surface area (Å²) < 4.78 is 18.6. The van der Waals surface area contributed by atoms with Crippen molar-refractivity contribution in [1.82, 2.24) is 10.3 Å². The number of aromatic amines is 1. The van der Waals surface area contributed by atoms with Crippen LogP contribution in [0.2, 0.25) is 0 Å². The highest BCUT2D eigenvalue weighted by atomic mass is 19.1. The summed E-state index contributed by atoms with van der Waals surface area (Å²) in [7, 11) is 0. The van der Waals surface area contributed by atoms with E-state index < -0.39 is 5.82 Å². The molecule has 1 amide bonds. The molecule has 3 rings (SSSR count). The van der Waals surface area contributed by atoms with Crippen LogP contribution in [-0.2, 0) is 16.0 Å². The standard InChI is InChI=1S/C17H19FN2O3/c18-13-5-3-11-8-12(17(22)20-15(11)9-13)4-6-16(21)19-10-14-2-1-7-23-14/h3,5,8-9,14H,1-2,4,6-7,10H2,(H,19,21)(H,20,22). The third kappa shape index (κ3) is 3.96. The van der Waals surface area contributed by atoms with Gasteiger partial charge in [0.05, 0.1) is 11.6 Å². The van der Waals surface area contributed by atoms with Crippen LogP contribution in [0.5, 0.6) is 0 Å². The van der Waals surface area contributed by atoms with Gasteiger partial charge in [0, 0.05) is 25.1 Å². The monoisotopic (exact) mass is 318 g/mol. The molecule has 1 aliphatic rings. The molecule has 0 saturated carbocycles. The molecule has 1 unspecified atom stereocenters. The molecule has 1 atom stereocenters. The minimum atomic E-state index is -0.394. The molecule has 0 bridgehead atoms. The number of fused-ring (bicyclic) bond motifs is 1. The van der Waals surface area contributed by atoms with Crippen molar-refractivity contribution in [2.24, 2.45) is 0 Å². The summed E-state index contributed by atoms with van der Waals surface area (Å²) in [6.45, 7) is 1.28. The molecule has 1 fully saturated rings. The third-order valence-corrected chi connectivity index (χ3v) is 4.06. The Labute approximate surface area is 132 Å². The fourth-order valence-corrected chi connectivity index (χ4v) is 2.77. The summed E-state index contributed by atoms with van der Waals surface area (Å²) in [6, 6.07) is 5.95. The quantitative estimate of drug-likeness (QED) is 0.884. The van der Waals surface area contributed by atoms with E-state index in [9.17, 15) is 14.0 Å². The first-order valence-electron chi connectivity index (χ1n) is 7.81. The molecule has 1 saturated heterocycles. The van der Waals surface area contributed by atoms with Crippen LogP contribution in [0.25, 0.3) is 10.9 Å². The SMILES string of the molecule is O=C(CCc1cc2ccc(F)cc2[nH]c1=O)NCC1CCCO1. The third-order valence-electron chi connectivity index (χ3n) is 4.06. The number of halogens is 1. The number of benzene rings is 1. The maximum Gasteiger partial charge on any atom is 0.251 e. The summed E-state index contributed by atoms with van der Waals surface area (Å²) >= 11 is 0. The van der Waals surface area contributed by atoms with Gasteiger partial charge in [0.15, 0.2) is 0 Å². The van der Waals surface area contributed by atoms with Crippen molar-refractivity contribution in [3.63, 3.8) is 0 Å². The number of carbonyl (C=O) groups excluding carboxylic acids is 1. The number of aryl methyl sites for hydroxylation is 1. The Kier molecular flexibility index (Phi) is 4.71. The Hall–Kier alpha value is -2.21. The lowest BCUT2D eigenvalue weighted by Crippen LogP contribution is -2.32. The molecular formula is C17H19FN2O3. The molecule has 2 aromatic rings. The average molecular weight is 318 g/mol. The summed E-state index contributed by atoms with van der Waals surface area (Å²) in [4.78, 5) is 26.5. The van der Waals surface area contributed by atoms with Crippen LogP contribution >= 0.6 is 0 Å². The molecule has 0 aliphatic carbocycles. The minimum absolute atomic E-state index is 0.0981. The Morgan fingerprint density at radius 3 is 3.04 bits per heavy atom. The maximum atomic E-state index is 13.2. The van der Waals surface area contributed by atoms with Crippen LogP contribution in [0.4, 0.5) is 4.39 Å². The number of rotatable bonds is 5. The van der Waals surface area contributed by atoms with Gasteiger partial charge >= 0.3 is 0 Å².